The second-order valence-electron chi connectivity index (χ2n) is 8.22. The Morgan fingerprint density at radius 2 is 2.03 bits per heavy atom. The van der Waals surface area contributed by atoms with E-state index in [0.29, 0.717) is 25.3 Å². The van der Waals surface area contributed by atoms with E-state index in [-0.39, 0.29) is 11.8 Å². The molecule has 1 atom stereocenters. The summed E-state index contributed by atoms with van der Waals surface area (Å²) in [4.78, 5) is 37.6. The van der Waals surface area contributed by atoms with Crippen molar-refractivity contribution in [2.24, 2.45) is 5.41 Å². The van der Waals surface area contributed by atoms with Crippen molar-refractivity contribution in [2.75, 3.05) is 19.6 Å². The lowest BCUT2D eigenvalue weighted by atomic mass is 9.78. The van der Waals surface area contributed by atoms with Crippen LogP contribution in [-0.4, -0.2) is 51.2 Å². The first-order valence-corrected chi connectivity index (χ1v) is 10.2. The van der Waals surface area contributed by atoms with Gasteiger partial charge in [-0.2, -0.15) is 0 Å². The van der Waals surface area contributed by atoms with Crippen LogP contribution < -0.4 is 0 Å². The molecule has 4 heterocycles. The summed E-state index contributed by atoms with van der Waals surface area (Å²) in [6, 6.07) is 13.7. The summed E-state index contributed by atoms with van der Waals surface area (Å²) >= 11 is 0. The average Bonchev–Trinajstić information content (AvgIpc) is 3.37. The first-order chi connectivity index (χ1) is 14.1. The minimum Gasteiger partial charge on any atom is -0.351 e. The molecule has 6 nitrogen and oxygen atoms in total. The fraction of sp³-hybridized carbons (Fsp3) is 0.348. The van der Waals surface area contributed by atoms with E-state index in [4.69, 9.17) is 0 Å². The Bertz CT molecular complexity index is 1030. The van der Waals surface area contributed by atoms with Gasteiger partial charge in [0.15, 0.2) is 0 Å². The smallest absolute Gasteiger partial charge is 0.270 e. The number of likely N-dealkylation sites (tertiary alicyclic amines) is 2. The quantitative estimate of drug-likeness (QED) is 0.749. The van der Waals surface area contributed by atoms with Crippen molar-refractivity contribution in [1.29, 1.82) is 0 Å². The van der Waals surface area contributed by atoms with Crippen molar-refractivity contribution >= 4 is 22.7 Å². The van der Waals surface area contributed by atoms with Gasteiger partial charge in [0.2, 0.25) is 5.91 Å². The summed E-state index contributed by atoms with van der Waals surface area (Å²) in [6.45, 7) is 2.49. The molecule has 5 rings (SSSR count). The van der Waals surface area contributed by atoms with Crippen LogP contribution in [0.25, 0.3) is 10.9 Å². The Morgan fingerprint density at radius 1 is 1.14 bits per heavy atom. The van der Waals surface area contributed by atoms with Crippen LogP contribution in [0.2, 0.25) is 0 Å². The first-order valence-electron chi connectivity index (χ1n) is 10.2. The number of aromatic amines is 1. The number of benzene rings is 1. The summed E-state index contributed by atoms with van der Waals surface area (Å²) in [6.07, 6.45) is 6.12. The minimum atomic E-state index is -0.442. The molecular formula is C23H24N4O2. The molecule has 2 amide bonds. The van der Waals surface area contributed by atoms with Crippen LogP contribution in [0.15, 0.2) is 54.9 Å². The highest BCUT2D eigenvalue weighted by molar-refractivity contribution is 5.98. The summed E-state index contributed by atoms with van der Waals surface area (Å²) in [5, 5.41) is 1.03. The molecule has 148 valence electrons. The number of nitrogens with zero attached hydrogens (tertiary/aromatic N) is 3. The Morgan fingerprint density at radius 3 is 2.86 bits per heavy atom. The van der Waals surface area contributed by atoms with Crippen molar-refractivity contribution in [2.45, 2.75) is 25.8 Å². The van der Waals surface area contributed by atoms with Gasteiger partial charge >= 0.3 is 0 Å². The number of piperidine rings is 1. The van der Waals surface area contributed by atoms with Gasteiger partial charge in [-0.05, 0) is 43.0 Å². The maximum absolute atomic E-state index is 13.4. The molecule has 29 heavy (non-hydrogen) atoms. The second kappa shape index (κ2) is 7.03. The normalized spacial score (nSPS) is 22.0. The number of fused-ring (bicyclic) bond motifs is 1. The van der Waals surface area contributed by atoms with E-state index in [2.05, 4.69) is 9.97 Å². The van der Waals surface area contributed by atoms with Crippen molar-refractivity contribution in [3.63, 3.8) is 0 Å². The molecule has 2 fully saturated rings. The number of para-hydroxylation sites is 1. The van der Waals surface area contributed by atoms with Crippen LogP contribution in [0.3, 0.4) is 0 Å². The SMILES string of the molecule is O=C(c1cc2ccccc2[nH]1)N1CC[C@@]2(CCCN(Cc3cccnc3)C2=O)C1. The van der Waals surface area contributed by atoms with Gasteiger partial charge in [0.25, 0.3) is 5.91 Å². The van der Waals surface area contributed by atoms with Gasteiger partial charge in [0.1, 0.15) is 5.69 Å². The van der Waals surface area contributed by atoms with Crippen molar-refractivity contribution in [3.05, 3.63) is 66.1 Å². The number of aromatic nitrogens is 2. The van der Waals surface area contributed by atoms with Gasteiger partial charge in [-0.25, -0.2) is 0 Å². The Kier molecular flexibility index (Phi) is 4.34. The van der Waals surface area contributed by atoms with E-state index in [0.717, 1.165) is 42.3 Å². The highest BCUT2D eigenvalue weighted by atomic mass is 16.2. The van der Waals surface area contributed by atoms with E-state index < -0.39 is 5.41 Å². The Hall–Kier alpha value is -3.15. The molecular weight excluding hydrogens is 364 g/mol. The third kappa shape index (κ3) is 3.18. The summed E-state index contributed by atoms with van der Waals surface area (Å²) in [5.41, 5.74) is 2.16. The molecule has 2 aliphatic rings. The zero-order valence-electron chi connectivity index (χ0n) is 16.3. The molecule has 2 aliphatic heterocycles. The van der Waals surface area contributed by atoms with Crippen LogP contribution >= 0.6 is 0 Å². The Balaban J connectivity index is 1.33. The monoisotopic (exact) mass is 388 g/mol. The number of H-pyrrole nitrogens is 1. The summed E-state index contributed by atoms with van der Waals surface area (Å²) < 4.78 is 0. The molecule has 1 aromatic carbocycles. The van der Waals surface area contributed by atoms with E-state index in [9.17, 15) is 9.59 Å². The second-order valence-corrected chi connectivity index (χ2v) is 8.22. The van der Waals surface area contributed by atoms with Gasteiger partial charge < -0.3 is 14.8 Å². The molecule has 1 N–H and O–H groups in total. The zero-order chi connectivity index (χ0) is 19.8. The highest BCUT2D eigenvalue weighted by Crippen LogP contribution is 2.41. The fourth-order valence-corrected chi connectivity index (χ4v) is 4.80. The van der Waals surface area contributed by atoms with E-state index >= 15 is 0 Å². The molecule has 2 aromatic heterocycles. The van der Waals surface area contributed by atoms with E-state index in [1.54, 1.807) is 6.20 Å². The number of nitrogens with one attached hydrogen (secondary N) is 1. The number of rotatable bonds is 3. The van der Waals surface area contributed by atoms with Gasteiger partial charge in [-0.3, -0.25) is 14.6 Å². The van der Waals surface area contributed by atoms with Crippen LogP contribution in [0.5, 0.6) is 0 Å². The van der Waals surface area contributed by atoms with Crippen molar-refractivity contribution < 1.29 is 9.59 Å². The Labute approximate surface area is 169 Å². The first kappa shape index (κ1) is 17.9. The van der Waals surface area contributed by atoms with Gasteiger partial charge in [0, 0.05) is 49.5 Å². The molecule has 0 bridgehead atoms. The minimum absolute atomic E-state index is 0.0183. The lowest BCUT2D eigenvalue weighted by molar-refractivity contribution is -0.146. The van der Waals surface area contributed by atoms with Crippen LogP contribution in [-0.2, 0) is 11.3 Å². The topological polar surface area (TPSA) is 69.3 Å². The fourth-order valence-electron chi connectivity index (χ4n) is 4.80. The average molecular weight is 388 g/mol. The molecule has 3 aromatic rings. The number of pyridine rings is 1. The molecule has 0 unspecified atom stereocenters. The van der Waals surface area contributed by atoms with Gasteiger partial charge in [-0.15, -0.1) is 0 Å². The molecule has 0 saturated carbocycles. The molecule has 2 saturated heterocycles. The standard InChI is InChI=1S/C23H24N4O2/c28-21(20-13-18-6-1-2-7-19(18)25-20)27-12-9-23(16-27)8-4-11-26(22(23)29)15-17-5-3-10-24-14-17/h1-3,5-7,10,13-14,25H,4,8-9,11-12,15-16H2/t23-/m0/s1. The predicted molar refractivity (Wildman–Crippen MR) is 110 cm³/mol. The third-order valence-corrected chi connectivity index (χ3v) is 6.32. The molecule has 0 aliphatic carbocycles. The number of hydrogen-bond donors (Lipinski definition) is 1. The largest absolute Gasteiger partial charge is 0.351 e. The summed E-state index contributed by atoms with van der Waals surface area (Å²) in [7, 11) is 0. The number of hydrogen-bond acceptors (Lipinski definition) is 3. The van der Waals surface area contributed by atoms with Crippen molar-refractivity contribution in [3.8, 4) is 0 Å². The van der Waals surface area contributed by atoms with E-state index in [1.807, 2.05) is 58.5 Å². The van der Waals surface area contributed by atoms with Gasteiger partial charge in [-0.1, -0.05) is 24.3 Å². The number of amides is 2. The highest BCUT2D eigenvalue weighted by Gasteiger charge is 2.49. The number of carbonyl (C=O) groups is 2. The zero-order valence-corrected chi connectivity index (χ0v) is 16.3. The number of carbonyl (C=O) groups excluding carboxylic acids is 2. The lowest BCUT2D eigenvalue weighted by Gasteiger charge is -2.39. The van der Waals surface area contributed by atoms with Crippen LogP contribution in [0.4, 0.5) is 0 Å². The third-order valence-electron chi connectivity index (χ3n) is 6.32. The van der Waals surface area contributed by atoms with Gasteiger partial charge in [0.05, 0.1) is 5.41 Å². The van der Waals surface area contributed by atoms with Crippen LogP contribution in [0, 0.1) is 5.41 Å². The predicted octanol–water partition coefficient (Wildman–Crippen LogP) is 3.22. The van der Waals surface area contributed by atoms with Crippen LogP contribution in [0.1, 0.15) is 35.3 Å². The maximum atomic E-state index is 13.4. The molecule has 0 radical (unpaired) electrons. The van der Waals surface area contributed by atoms with E-state index in [1.165, 1.54) is 0 Å². The van der Waals surface area contributed by atoms with Crippen molar-refractivity contribution in [1.82, 2.24) is 19.8 Å². The molecule has 1 spiro atoms. The molecule has 6 heteroatoms. The summed E-state index contributed by atoms with van der Waals surface area (Å²) in [5.74, 6) is 0.162. The lowest BCUT2D eigenvalue weighted by Crippen LogP contribution is -2.50. The maximum Gasteiger partial charge on any atom is 0.270 e.